The minimum atomic E-state index is -0.351. The van der Waals surface area contributed by atoms with Gasteiger partial charge in [-0.25, -0.2) is 9.78 Å². The molecule has 0 aromatic carbocycles. The zero-order chi connectivity index (χ0) is 15.4. The van der Waals surface area contributed by atoms with Crippen molar-refractivity contribution in [3.05, 3.63) is 35.1 Å². The molecule has 2 aromatic rings. The van der Waals surface area contributed by atoms with E-state index in [1.807, 2.05) is 4.90 Å². The van der Waals surface area contributed by atoms with Crippen LogP contribution in [0.25, 0.3) is 0 Å². The second-order valence-electron chi connectivity index (χ2n) is 5.01. The minimum Gasteiger partial charge on any atom is -0.363 e. The van der Waals surface area contributed by atoms with E-state index in [1.54, 1.807) is 12.3 Å². The van der Waals surface area contributed by atoms with Gasteiger partial charge in [0, 0.05) is 37.6 Å². The first-order valence-corrected chi connectivity index (χ1v) is 6.99. The number of hydrogen-bond acceptors (Lipinski definition) is 6. The van der Waals surface area contributed by atoms with Crippen molar-refractivity contribution in [3.63, 3.8) is 0 Å². The molecule has 9 nitrogen and oxygen atoms in total. The summed E-state index contributed by atoms with van der Waals surface area (Å²) in [6, 6.07) is 1.14. The second kappa shape index (κ2) is 6.29. The average molecular weight is 304 g/mol. The Bertz CT molecular complexity index is 683. The number of rotatable bonds is 3. The summed E-state index contributed by atoms with van der Waals surface area (Å²) in [7, 11) is 0. The van der Waals surface area contributed by atoms with Gasteiger partial charge in [0.1, 0.15) is 6.26 Å². The highest BCUT2D eigenvalue weighted by Gasteiger charge is 2.23. The molecule has 116 valence electrons. The SMILES string of the molecule is O=C(Nc1ccon1)N[C@H]1CCCN(c2ncc[nH]c2=O)C1. The molecule has 9 heteroatoms. The van der Waals surface area contributed by atoms with Crippen LogP contribution in [0.1, 0.15) is 12.8 Å². The largest absolute Gasteiger partial charge is 0.363 e. The highest BCUT2D eigenvalue weighted by Crippen LogP contribution is 2.14. The Labute approximate surface area is 125 Å². The first kappa shape index (κ1) is 14.1. The van der Waals surface area contributed by atoms with Gasteiger partial charge in [0.15, 0.2) is 11.6 Å². The van der Waals surface area contributed by atoms with Gasteiger partial charge in [-0.2, -0.15) is 0 Å². The van der Waals surface area contributed by atoms with Crippen LogP contribution in [0.15, 0.2) is 34.0 Å². The first-order chi connectivity index (χ1) is 10.7. The molecule has 22 heavy (non-hydrogen) atoms. The monoisotopic (exact) mass is 304 g/mol. The van der Waals surface area contributed by atoms with E-state index in [0.717, 1.165) is 19.4 Å². The lowest BCUT2D eigenvalue weighted by Crippen LogP contribution is -2.50. The zero-order valence-electron chi connectivity index (χ0n) is 11.8. The summed E-state index contributed by atoms with van der Waals surface area (Å²) in [5.41, 5.74) is -0.227. The van der Waals surface area contributed by atoms with Crippen LogP contribution >= 0.6 is 0 Å². The molecule has 0 unspecified atom stereocenters. The van der Waals surface area contributed by atoms with E-state index in [9.17, 15) is 9.59 Å². The molecule has 1 fully saturated rings. The normalized spacial score (nSPS) is 18.0. The molecule has 0 aliphatic carbocycles. The molecule has 2 aromatic heterocycles. The van der Waals surface area contributed by atoms with Crippen LogP contribution in [0, 0.1) is 0 Å². The maximum atomic E-state index is 11.9. The summed E-state index contributed by atoms with van der Waals surface area (Å²) < 4.78 is 4.65. The topological polar surface area (TPSA) is 116 Å². The number of nitrogens with zero attached hydrogens (tertiary/aromatic N) is 3. The molecular weight excluding hydrogens is 288 g/mol. The fourth-order valence-electron chi connectivity index (χ4n) is 2.47. The molecule has 2 amide bonds. The molecular formula is C13H16N6O3. The number of piperidine rings is 1. The predicted molar refractivity (Wildman–Crippen MR) is 78.8 cm³/mol. The van der Waals surface area contributed by atoms with E-state index < -0.39 is 0 Å². The Balaban J connectivity index is 1.60. The van der Waals surface area contributed by atoms with E-state index in [0.29, 0.717) is 18.2 Å². The summed E-state index contributed by atoms with van der Waals surface area (Å²) in [6.07, 6.45) is 6.13. The lowest BCUT2D eigenvalue weighted by molar-refractivity contribution is 0.246. The molecule has 0 spiro atoms. The predicted octanol–water partition coefficient (Wildman–Crippen LogP) is 0.548. The number of carbonyl (C=O) groups is 1. The van der Waals surface area contributed by atoms with Gasteiger partial charge in [0.05, 0.1) is 0 Å². The number of carbonyl (C=O) groups excluding carboxylic acids is 1. The standard InChI is InChI=1S/C13H16N6O3/c20-12-11(14-4-5-15-12)19-6-1-2-9(8-19)16-13(21)17-10-3-7-22-18-10/h3-5,7,9H,1-2,6,8H2,(H,15,20)(H2,16,17,18,21)/t9-/m0/s1. The van der Waals surface area contributed by atoms with Crippen LogP contribution in [0.4, 0.5) is 16.4 Å². The van der Waals surface area contributed by atoms with Gasteiger partial charge in [-0.1, -0.05) is 5.16 Å². The molecule has 0 bridgehead atoms. The number of hydrogen-bond donors (Lipinski definition) is 3. The average Bonchev–Trinajstić information content (AvgIpc) is 3.00. The molecule has 0 saturated carbocycles. The minimum absolute atomic E-state index is 0.0675. The van der Waals surface area contributed by atoms with Crippen LogP contribution in [0.2, 0.25) is 0 Å². The maximum Gasteiger partial charge on any atom is 0.320 e. The van der Waals surface area contributed by atoms with Gasteiger partial charge in [-0.3, -0.25) is 10.1 Å². The number of urea groups is 1. The van der Waals surface area contributed by atoms with Gasteiger partial charge in [-0.05, 0) is 12.8 Å². The molecule has 1 atom stereocenters. The first-order valence-electron chi connectivity index (χ1n) is 6.99. The van der Waals surface area contributed by atoms with Gasteiger partial charge in [-0.15, -0.1) is 0 Å². The highest BCUT2D eigenvalue weighted by molar-refractivity contribution is 5.88. The van der Waals surface area contributed by atoms with Gasteiger partial charge < -0.3 is 19.7 Å². The number of aromatic nitrogens is 3. The highest BCUT2D eigenvalue weighted by atomic mass is 16.5. The van der Waals surface area contributed by atoms with Gasteiger partial charge >= 0.3 is 6.03 Å². The van der Waals surface area contributed by atoms with Crippen LogP contribution in [0.5, 0.6) is 0 Å². The smallest absolute Gasteiger partial charge is 0.320 e. The Morgan fingerprint density at radius 2 is 2.41 bits per heavy atom. The van der Waals surface area contributed by atoms with Crippen LogP contribution in [-0.4, -0.2) is 40.3 Å². The number of aromatic amines is 1. The van der Waals surface area contributed by atoms with Crippen molar-refractivity contribution in [1.82, 2.24) is 20.4 Å². The van der Waals surface area contributed by atoms with Crippen molar-refractivity contribution < 1.29 is 9.32 Å². The third kappa shape index (κ3) is 3.25. The van der Waals surface area contributed by atoms with Crippen molar-refractivity contribution in [3.8, 4) is 0 Å². The quantitative estimate of drug-likeness (QED) is 0.762. The Morgan fingerprint density at radius 3 is 3.18 bits per heavy atom. The van der Waals surface area contributed by atoms with Crippen molar-refractivity contribution in [2.45, 2.75) is 18.9 Å². The fourth-order valence-corrected chi connectivity index (χ4v) is 2.47. The molecule has 1 saturated heterocycles. The molecule has 3 heterocycles. The lowest BCUT2D eigenvalue weighted by Gasteiger charge is -2.33. The van der Waals surface area contributed by atoms with E-state index in [-0.39, 0.29) is 17.6 Å². The Kier molecular flexibility index (Phi) is 4.03. The number of amides is 2. The van der Waals surface area contributed by atoms with E-state index in [2.05, 4.69) is 30.3 Å². The van der Waals surface area contributed by atoms with Gasteiger partial charge in [0.25, 0.3) is 5.56 Å². The summed E-state index contributed by atoms with van der Waals surface area (Å²) in [5, 5.41) is 9.05. The second-order valence-corrected chi connectivity index (χ2v) is 5.01. The van der Waals surface area contributed by atoms with E-state index >= 15 is 0 Å². The number of H-pyrrole nitrogens is 1. The maximum absolute atomic E-state index is 11.9. The molecule has 0 radical (unpaired) electrons. The lowest BCUT2D eigenvalue weighted by atomic mass is 10.1. The number of anilines is 2. The van der Waals surface area contributed by atoms with Crippen LogP contribution in [-0.2, 0) is 0 Å². The van der Waals surface area contributed by atoms with Crippen molar-refractivity contribution in [2.24, 2.45) is 0 Å². The fraction of sp³-hybridized carbons (Fsp3) is 0.385. The zero-order valence-corrected chi connectivity index (χ0v) is 11.8. The summed E-state index contributed by atoms with van der Waals surface area (Å²) in [5.74, 6) is 0.734. The Hall–Kier alpha value is -2.84. The van der Waals surface area contributed by atoms with E-state index in [4.69, 9.17) is 0 Å². The third-order valence-corrected chi connectivity index (χ3v) is 3.42. The number of nitrogens with one attached hydrogen (secondary N) is 3. The molecule has 1 aliphatic heterocycles. The molecule has 3 rings (SSSR count). The van der Waals surface area contributed by atoms with Crippen molar-refractivity contribution in [1.29, 1.82) is 0 Å². The van der Waals surface area contributed by atoms with Crippen molar-refractivity contribution in [2.75, 3.05) is 23.3 Å². The van der Waals surface area contributed by atoms with Crippen LogP contribution in [0.3, 0.4) is 0 Å². The Morgan fingerprint density at radius 1 is 1.50 bits per heavy atom. The van der Waals surface area contributed by atoms with Gasteiger partial charge in [0.2, 0.25) is 0 Å². The van der Waals surface area contributed by atoms with E-state index in [1.165, 1.54) is 12.5 Å². The summed E-state index contributed by atoms with van der Waals surface area (Å²) in [4.78, 5) is 32.3. The van der Waals surface area contributed by atoms with Crippen molar-refractivity contribution >= 4 is 17.7 Å². The molecule has 3 N–H and O–H groups in total. The summed E-state index contributed by atoms with van der Waals surface area (Å²) in [6.45, 7) is 1.27. The van der Waals surface area contributed by atoms with Crippen LogP contribution < -0.4 is 21.1 Å². The summed E-state index contributed by atoms with van der Waals surface area (Å²) >= 11 is 0. The third-order valence-electron chi connectivity index (χ3n) is 3.42. The molecule has 1 aliphatic rings.